The van der Waals surface area contributed by atoms with Gasteiger partial charge in [0, 0.05) is 0 Å². The summed E-state index contributed by atoms with van der Waals surface area (Å²) in [4.78, 5) is 0. The fourth-order valence-corrected chi connectivity index (χ4v) is 1.14. The quantitative estimate of drug-likeness (QED) is 0.649. The van der Waals surface area contributed by atoms with Gasteiger partial charge in [-0.15, -0.1) is 0 Å². The normalized spacial score (nSPS) is 18.7. The maximum absolute atomic E-state index is 7.61. The highest BCUT2D eigenvalue weighted by Crippen LogP contribution is 2.36. The van der Waals surface area contributed by atoms with Crippen LogP contribution >= 0.6 is 0 Å². The molecule has 1 rings (SSSR count). The smallest absolute Gasteiger partial charge is 0.427 e. The van der Waals surface area contributed by atoms with Crippen molar-refractivity contribution in [3.8, 4) is 0 Å². The predicted molar refractivity (Wildman–Crippen MR) is 78.2 cm³/mol. The monoisotopic (exact) mass is 250 g/mol. The molecule has 1 saturated heterocycles. The van der Waals surface area contributed by atoms with Crippen LogP contribution in [0.15, 0.2) is 0 Å². The number of hydrogen-bond acceptors (Lipinski definition) is 4. The second-order valence-corrected chi connectivity index (χ2v) is 4.46. The minimum Gasteiger partial charge on any atom is -0.427 e. The van der Waals surface area contributed by atoms with Crippen LogP contribution in [0.2, 0.25) is 13.6 Å². The molecule has 0 aromatic carbocycles. The maximum atomic E-state index is 7.61. The third kappa shape index (κ3) is 8.66. The average molecular weight is 250 g/mol. The Kier molecular flexibility index (Phi) is 13.6. The molecule has 0 radical (unpaired) electrons. The summed E-state index contributed by atoms with van der Waals surface area (Å²) in [5, 5.41) is 15.2. The number of rotatable bonds is 0. The van der Waals surface area contributed by atoms with Crippen LogP contribution in [0.5, 0.6) is 0 Å². The Morgan fingerprint density at radius 1 is 0.882 bits per heavy atom. The van der Waals surface area contributed by atoms with Gasteiger partial charge in [-0.2, -0.15) is 0 Å². The van der Waals surface area contributed by atoms with Gasteiger partial charge in [0.05, 0.1) is 11.2 Å². The molecule has 1 aliphatic heterocycles. The van der Waals surface area contributed by atoms with E-state index in [0.29, 0.717) is 0 Å². The zero-order chi connectivity index (χ0) is 11.6. The van der Waals surface area contributed by atoms with Gasteiger partial charge in [-0.3, -0.25) is 0 Å². The van der Waals surface area contributed by atoms with Crippen molar-refractivity contribution in [2.75, 3.05) is 0 Å². The summed E-state index contributed by atoms with van der Waals surface area (Å²) < 4.78 is 11.1. The van der Waals surface area contributed by atoms with Crippen LogP contribution in [0.25, 0.3) is 0 Å². The summed E-state index contributed by atoms with van der Waals surface area (Å²) in [6.07, 6.45) is 0. The van der Waals surface area contributed by atoms with Gasteiger partial charge in [0.15, 0.2) is 0 Å². The summed E-state index contributed by atoms with van der Waals surface area (Å²) in [6.45, 7) is 11.4. The fourth-order valence-electron chi connectivity index (χ4n) is 1.14. The van der Waals surface area contributed by atoms with Crippen LogP contribution in [0, 0.1) is 0 Å². The highest BCUT2D eigenvalue weighted by Gasteiger charge is 2.48. The lowest BCUT2D eigenvalue weighted by molar-refractivity contribution is 0.00578. The van der Waals surface area contributed by atoms with Crippen LogP contribution in [-0.4, -0.2) is 35.5 Å². The summed E-state index contributed by atoms with van der Waals surface area (Å²) in [7, 11) is -1.23. The first-order chi connectivity index (χ1) is 6.08. The standard InChI is InChI=1S/C7H15BO2.CH5BO2.3CH4/c1-6(2)7(3,4)10-8(5)9-6;1-2(3)4;;;/h1-5H3;3-4H,1H3;3*1H4. The molecule has 0 saturated carbocycles. The van der Waals surface area contributed by atoms with Crippen molar-refractivity contribution in [3.05, 3.63) is 0 Å². The molecule has 106 valence electrons. The molecule has 0 bridgehead atoms. The Labute approximate surface area is 109 Å². The molecule has 0 aromatic rings. The van der Waals surface area contributed by atoms with Crippen molar-refractivity contribution >= 4 is 14.2 Å². The van der Waals surface area contributed by atoms with Gasteiger partial charge in [0.2, 0.25) is 0 Å². The van der Waals surface area contributed by atoms with Crippen molar-refractivity contribution in [2.45, 2.75) is 74.8 Å². The minimum atomic E-state index is -1.17. The first-order valence-corrected chi connectivity index (χ1v) is 4.80. The van der Waals surface area contributed by atoms with Crippen molar-refractivity contribution in [1.82, 2.24) is 0 Å². The van der Waals surface area contributed by atoms with Crippen molar-refractivity contribution in [1.29, 1.82) is 0 Å². The molecule has 6 heteroatoms. The Morgan fingerprint density at radius 2 is 1.06 bits per heavy atom. The van der Waals surface area contributed by atoms with E-state index in [-0.39, 0.29) is 40.6 Å². The molecule has 1 heterocycles. The largest absolute Gasteiger partial charge is 0.454 e. The second-order valence-electron chi connectivity index (χ2n) is 4.46. The van der Waals surface area contributed by atoms with Gasteiger partial charge in [-0.05, 0) is 41.3 Å². The molecule has 0 aliphatic carbocycles. The Bertz CT molecular complexity index is 166. The molecular formula is C11H32B2O4. The Balaban J connectivity index is -0.000000108. The minimum absolute atomic E-state index is 0. The summed E-state index contributed by atoms with van der Waals surface area (Å²) in [5.41, 5.74) is -0.321. The van der Waals surface area contributed by atoms with E-state index in [1.165, 1.54) is 6.82 Å². The zero-order valence-electron chi connectivity index (χ0n) is 9.87. The van der Waals surface area contributed by atoms with E-state index >= 15 is 0 Å². The van der Waals surface area contributed by atoms with E-state index in [1.807, 2.05) is 6.82 Å². The van der Waals surface area contributed by atoms with Crippen LogP contribution in [0.3, 0.4) is 0 Å². The van der Waals surface area contributed by atoms with E-state index in [2.05, 4.69) is 27.7 Å². The lowest BCUT2D eigenvalue weighted by Gasteiger charge is -2.32. The van der Waals surface area contributed by atoms with Gasteiger partial charge >= 0.3 is 14.2 Å². The Morgan fingerprint density at radius 3 is 1.12 bits per heavy atom. The molecule has 17 heavy (non-hydrogen) atoms. The summed E-state index contributed by atoms with van der Waals surface area (Å²) >= 11 is 0. The van der Waals surface area contributed by atoms with Crippen molar-refractivity contribution < 1.29 is 19.4 Å². The van der Waals surface area contributed by atoms with Crippen LogP contribution in [0.4, 0.5) is 0 Å². The molecule has 2 N–H and O–H groups in total. The van der Waals surface area contributed by atoms with E-state index in [0.717, 1.165) is 0 Å². The molecule has 4 nitrogen and oxygen atoms in total. The van der Waals surface area contributed by atoms with E-state index in [4.69, 9.17) is 19.4 Å². The van der Waals surface area contributed by atoms with Crippen LogP contribution < -0.4 is 0 Å². The summed E-state index contributed by atoms with van der Waals surface area (Å²) in [5.74, 6) is 0. The maximum Gasteiger partial charge on any atom is 0.454 e. The molecule has 0 amide bonds. The van der Waals surface area contributed by atoms with E-state index in [9.17, 15) is 0 Å². The number of hydrogen-bond donors (Lipinski definition) is 2. The molecule has 1 aliphatic rings. The first-order valence-electron chi connectivity index (χ1n) is 4.80. The van der Waals surface area contributed by atoms with Crippen molar-refractivity contribution in [2.24, 2.45) is 0 Å². The fraction of sp³-hybridized carbons (Fsp3) is 1.00. The topological polar surface area (TPSA) is 58.9 Å². The van der Waals surface area contributed by atoms with Gasteiger partial charge < -0.3 is 19.4 Å². The first kappa shape index (κ1) is 25.7. The third-order valence-corrected chi connectivity index (χ3v) is 2.37. The van der Waals surface area contributed by atoms with Gasteiger partial charge in [-0.1, -0.05) is 22.3 Å². The second kappa shape index (κ2) is 8.97. The van der Waals surface area contributed by atoms with Crippen LogP contribution in [0.1, 0.15) is 50.0 Å². The van der Waals surface area contributed by atoms with E-state index < -0.39 is 7.12 Å². The molecular weight excluding hydrogens is 218 g/mol. The zero-order valence-corrected chi connectivity index (χ0v) is 9.87. The van der Waals surface area contributed by atoms with Crippen molar-refractivity contribution in [3.63, 3.8) is 0 Å². The predicted octanol–water partition coefficient (Wildman–Crippen LogP) is 2.71. The molecule has 0 aromatic heterocycles. The highest BCUT2D eigenvalue weighted by molar-refractivity contribution is 6.43. The SMILES string of the molecule is C.C.C.CB(O)O.CB1OC(C)(C)C(C)(C)O1. The average Bonchev–Trinajstić information content (AvgIpc) is 1.96. The third-order valence-electron chi connectivity index (χ3n) is 2.37. The Hall–Kier alpha value is -0.0301. The molecule has 0 unspecified atom stereocenters. The highest BCUT2D eigenvalue weighted by atomic mass is 16.7. The van der Waals surface area contributed by atoms with Gasteiger partial charge in [-0.25, -0.2) is 0 Å². The van der Waals surface area contributed by atoms with Gasteiger partial charge in [0.25, 0.3) is 0 Å². The molecule has 1 fully saturated rings. The lowest BCUT2D eigenvalue weighted by Crippen LogP contribution is -2.41. The molecule has 0 atom stereocenters. The lowest BCUT2D eigenvalue weighted by atomic mass is 9.90. The molecule has 0 spiro atoms. The van der Waals surface area contributed by atoms with Crippen LogP contribution in [-0.2, 0) is 9.31 Å². The van der Waals surface area contributed by atoms with E-state index in [1.54, 1.807) is 0 Å². The van der Waals surface area contributed by atoms with Gasteiger partial charge in [0.1, 0.15) is 0 Å². The summed E-state index contributed by atoms with van der Waals surface area (Å²) in [6, 6.07) is 0.